The molecule has 0 bridgehead atoms. The Morgan fingerprint density at radius 1 is 1.22 bits per heavy atom. The first kappa shape index (κ1) is 13.2. The summed E-state index contributed by atoms with van der Waals surface area (Å²) in [5.74, 6) is 1.58. The summed E-state index contributed by atoms with van der Waals surface area (Å²) in [5, 5.41) is 3.89. The molecular formula is C13H14ClN3S. The van der Waals surface area contributed by atoms with Gasteiger partial charge in [-0.2, -0.15) is 0 Å². The summed E-state index contributed by atoms with van der Waals surface area (Å²) < 4.78 is 0. The maximum absolute atomic E-state index is 6.09. The Labute approximate surface area is 116 Å². The van der Waals surface area contributed by atoms with Crippen molar-refractivity contribution in [1.29, 1.82) is 0 Å². The number of nitrogens with one attached hydrogen (secondary N) is 1. The molecule has 1 aromatic heterocycles. The molecule has 3 nitrogen and oxygen atoms in total. The van der Waals surface area contributed by atoms with Crippen molar-refractivity contribution in [2.24, 2.45) is 0 Å². The Bertz CT molecular complexity index is 502. The van der Waals surface area contributed by atoms with Gasteiger partial charge in [0.15, 0.2) is 0 Å². The van der Waals surface area contributed by atoms with E-state index in [0.29, 0.717) is 0 Å². The summed E-state index contributed by atoms with van der Waals surface area (Å²) in [6, 6.07) is 7.81. The van der Waals surface area contributed by atoms with Gasteiger partial charge in [0.25, 0.3) is 0 Å². The smallest absolute Gasteiger partial charge is 0.144 e. The molecule has 94 valence electrons. The molecule has 1 aromatic carbocycles. The van der Waals surface area contributed by atoms with Crippen LogP contribution < -0.4 is 5.32 Å². The molecule has 0 fully saturated rings. The first-order valence-corrected chi connectivity index (χ1v) is 7.08. The molecule has 0 radical (unpaired) electrons. The summed E-state index contributed by atoms with van der Waals surface area (Å²) in [5.41, 5.74) is 0.946. The van der Waals surface area contributed by atoms with Crippen LogP contribution in [0.2, 0.25) is 5.02 Å². The topological polar surface area (TPSA) is 37.8 Å². The summed E-state index contributed by atoms with van der Waals surface area (Å²) in [7, 11) is 0. The molecule has 18 heavy (non-hydrogen) atoms. The van der Waals surface area contributed by atoms with E-state index in [1.54, 1.807) is 24.2 Å². The van der Waals surface area contributed by atoms with Crippen LogP contribution in [0.25, 0.3) is 0 Å². The van der Waals surface area contributed by atoms with E-state index < -0.39 is 0 Å². The number of anilines is 1. The van der Waals surface area contributed by atoms with Gasteiger partial charge in [-0.1, -0.05) is 23.7 Å². The van der Waals surface area contributed by atoms with E-state index in [1.165, 1.54) is 0 Å². The van der Waals surface area contributed by atoms with Gasteiger partial charge in [-0.25, -0.2) is 4.98 Å². The lowest BCUT2D eigenvalue weighted by atomic mass is 10.4. The van der Waals surface area contributed by atoms with Crippen LogP contribution in [0.4, 0.5) is 5.82 Å². The van der Waals surface area contributed by atoms with Crippen molar-refractivity contribution < 1.29 is 0 Å². The average molecular weight is 280 g/mol. The monoisotopic (exact) mass is 279 g/mol. The number of rotatable bonds is 5. The van der Waals surface area contributed by atoms with Crippen LogP contribution in [0.5, 0.6) is 0 Å². The minimum absolute atomic E-state index is 0.767. The molecule has 0 saturated carbocycles. The van der Waals surface area contributed by atoms with Gasteiger partial charge in [-0.3, -0.25) is 4.98 Å². The number of hydrogen-bond acceptors (Lipinski definition) is 4. The number of benzene rings is 1. The van der Waals surface area contributed by atoms with Crippen molar-refractivity contribution in [1.82, 2.24) is 9.97 Å². The lowest BCUT2D eigenvalue weighted by molar-refractivity contribution is 1.07. The minimum atomic E-state index is 0.767. The lowest BCUT2D eigenvalue weighted by Crippen LogP contribution is -2.00. The third kappa shape index (κ3) is 3.62. The molecule has 0 aliphatic carbocycles. The highest BCUT2D eigenvalue weighted by atomic mass is 35.5. The molecule has 2 rings (SSSR count). The first-order chi connectivity index (χ1) is 8.79. The van der Waals surface area contributed by atoms with Gasteiger partial charge in [0, 0.05) is 17.2 Å². The van der Waals surface area contributed by atoms with E-state index >= 15 is 0 Å². The van der Waals surface area contributed by atoms with Crippen LogP contribution in [0.1, 0.15) is 12.6 Å². The Hall–Kier alpha value is -1.26. The van der Waals surface area contributed by atoms with Crippen molar-refractivity contribution in [3.8, 4) is 0 Å². The van der Waals surface area contributed by atoms with Crippen LogP contribution >= 0.6 is 23.4 Å². The van der Waals surface area contributed by atoms with Crippen LogP contribution in [0.15, 0.2) is 41.6 Å². The third-order valence-electron chi connectivity index (χ3n) is 2.28. The second kappa shape index (κ2) is 6.61. The molecule has 1 N–H and O–H groups in total. The Morgan fingerprint density at radius 2 is 2.06 bits per heavy atom. The van der Waals surface area contributed by atoms with Crippen molar-refractivity contribution in [3.05, 3.63) is 47.4 Å². The van der Waals surface area contributed by atoms with E-state index in [9.17, 15) is 0 Å². The number of aromatic nitrogens is 2. The highest BCUT2D eigenvalue weighted by molar-refractivity contribution is 7.98. The van der Waals surface area contributed by atoms with Crippen LogP contribution in [0.3, 0.4) is 0 Å². The second-order valence-corrected chi connectivity index (χ2v) is 5.07. The molecule has 2 aromatic rings. The molecule has 0 spiro atoms. The molecule has 5 heteroatoms. The molecule has 0 aliphatic heterocycles. The summed E-state index contributed by atoms with van der Waals surface area (Å²) in [6.07, 6.45) is 3.55. The van der Waals surface area contributed by atoms with Crippen LogP contribution in [-0.2, 0) is 5.75 Å². The van der Waals surface area contributed by atoms with Gasteiger partial charge in [-0.15, -0.1) is 11.8 Å². The maximum atomic E-state index is 6.09. The summed E-state index contributed by atoms with van der Waals surface area (Å²) in [6.45, 7) is 2.88. The van der Waals surface area contributed by atoms with E-state index in [2.05, 4.69) is 15.3 Å². The van der Waals surface area contributed by atoms with Gasteiger partial charge in [0.1, 0.15) is 5.82 Å². The van der Waals surface area contributed by atoms with Gasteiger partial charge in [0.2, 0.25) is 0 Å². The predicted octanol–water partition coefficient (Wildman–Crippen LogP) is 3.85. The average Bonchev–Trinajstić information content (AvgIpc) is 2.40. The second-order valence-electron chi connectivity index (χ2n) is 3.64. The number of nitrogens with zero attached hydrogens (tertiary/aromatic N) is 2. The quantitative estimate of drug-likeness (QED) is 0.844. The zero-order chi connectivity index (χ0) is 12.8. The summed E-state index contributed by atoms with van der Waals surface area (Å²) >= 11 is 7.75. The molecule has 0 aliphatic rings. The molecule has 1 heterocycles. The van der Waals surface area contributed by atoms with Crippen molar-refractivity contribution in [3.63, 3.8) is 0 Å². The van der Waals surface area contributed by atoms with E-state index in [-0.39, 0.29) is 0 Å². The standard InChI is InChI=1S/C13H14ClN3S/c1-2-15-13-8-16-10(7-17-13)9-18-12-6-4-3-5-11(12)14/h3-8H,2,9H2,1H3,(H,15,17). The number of thioether (sulfide) groups is 1. The predicted molar refractivity (Wildman–Crippen MR) is 77.2 cm³/mol. The van der Waals surface area contributed by atoms with Gasteiger partial charge in [0.05, 0.1) is 23.1 Å². The zero-order valence-corrected chi connectivity index (χ0v) is 11.6. The lowest BCUT2D eigenvalue weighted by Gasteiger charge is -2.04. The van der Waals surface area contributed by atoms with Crippen molar-refractivity contribution >= 4 is 29.2 Å². The number of halogens is 1. The minimum Gasteiger partial charge on any atom is -0.369 e. The highest BCUT2D eigenvalue weighted by Gasteiger charge is 2.02. The largest absolute Gasteiger partial charge is 0.369 e. The van der Waals surface area contributed by atoms with E-state index in [1.807, 2.05) is 31.2 Å². The van der Waals surface area contributed by atoms with Crippen LogP contribution in [-0.4, -0.2) is 16.5 Å². The Morgan fingerprint density at radius 3 is 2.72 bits per heavy atom. The normalized spacial score (nSPS) is 10.3. The maximum Gasteiger partial charge on any atom is 0.144 e. The van der Waals surface area contributed by atoms with E-state index in [0.717, 1.165) is 33.7 Å². The molecule has 0 saturated heterocycles. The zero-order valence-electron chi connectivity index (χ0n) is 10.1. The summed E-state index contributed by atoms with van der Waals surface area (Å²) in [4.78, 5) is 9.70. The first-order valence-electron chi connectivity index (χ1n) is 5.71. The highest BCUT2D eigenvalue weighted by Crippen LogP contribution is 2.28. The van der Waals surface area contributed by atoms with Crippen molar-refractivity contribution in [2.75, 3.05) is 11.9 Å². The van der Waals surface area contributed by atoms with Crippen LogP contribution in [0, 0.1) is 0 Å². The van der Waals surface area contributed by atoms with Gasteiger partial charge >= 0.3 is 0 Å². The van der Waals surface area contributed by atoms with Gasteiger partial charge < -0.3 is 5.32 Å². The van der Waals surface area contributed by atoms with Gasteiger partial charge in [-0.05, 0) is 19.1 Å². The molecule has 0 atom stereocenters. The fourth-order valence-corrected chi connectivity index (χ4v) is 2.55. The molecular weight excluding hydrogens is 266 g/mol. The van der Waals surface area contributed by atoms with Crippen molar-refractivity contribution in [2.45, 2.75) is 17.6 Å². The molecule has 0 amide bonds. The SMILES string of the molecule is CCNc1cnc(CSc2ccccc2Cl)cn1. The number of hydrogen-bond donors (Lipinski definition) is 1. The Kier molecular flexibility index (Phi) is 4.84. The van der Waals surface area contributed by atoms with E-state index in [4.69, 9.17) is 11.6 Å². The fraction of sp³-hybridized carbons (Fsp3) is 0.231. The Balaban J connectivity index is 1.96. The molecule has 0 unspecified atom stereocenters. The third-order valence-corrected chi connectivity index (χ3v) is 3.82. The fourth-order valence-electron chi connectivity index (χ4n) is 1.42.